The van der Waals surface area contributed by atoms with E-state index in [9.17, 15) is 0 Å². The Morgan fingerprint density at radius 3 is 2.90 bits per heavy atom. The number of hydrazine groups is 1. The Kier molecular flexibility index (Phi) is 3.05. The second-order valence-electron chi connectivity index (χ2n) is 4.00. The minimum atomic E-state index is 0.291. The van der Waals surface area contributed by atoms with Crippen molar-refractivity contribution < 1.29 is 4.74 Å². The average Bonchev–Trinajstić information content (AvgIpc) is 2.96. The van der Waals surface area contributed by atoms with Gasteiger partial charge in [-0.15, -0.1) is 0 Å². The molecule has 8 nitrogen and oxygen atoms in total. The second-order valence-corrected chi connectivity index (χ2v) is 4.00. The minimum absolute atomic E-state index is 0.291. The number of ether oxygens (including phenoxy) is 1. The molecule has 3 aromatic rings. The first-order valence-corrected chi connectivity index (χ1v) is 5.89. The summed E-state index contributed by atoms with van der Waals surface area (Å²) in [4.78, 5) is 8.45. The Morgan fingerprint density at radius 1 is 1.25 bits per heavy atom. The van der Waals surface area contributed by atoms with E-state index >= 15 is 0 Å². The number of rotatable bonds is 4. The zero-order chi connectivity index (χ0) is 13.9. The number of H-pyrrole nitrogens is 1. The summed E-state index contributed by atoms with van der Waals surface area (Å²) in [6, 6.07) is 7.55. The van der Waals surface area contributed by atoms with Gasteiger partial charge in [0.25, 0.3) is 0 Å². The van der Waals surface area contributed by atoms with Gasteiger partial charge in [-0.3, -0.25) is 10.5 Å². The monoisotopic (exact) mass is 271 g/mol. The molecule has 2 aromatic heterocycles. The first-order chi connectivity index (χ1) is 9.81. The highest BCUT2D eigenvalue weighted by atomic mass is 16.5. The van der Waals surface area contributed by atoms with Crippen LogP contribution in [0.5, 0.6) is 5.75 Å². The Bertz CT molecular complexity index is 740. The number of nitrogen functional groups attached to an aromatic ring is 1. The number of nitrogens with two attached hydrogens (primary N) is 1. The molecule has 0 unspecified atom stereocenters. The molecule has 3 rings (SSSR count). The molecule has 1 aromatic carbocycles. The molecule has 2 heterocycles. The number of para-hydroxylation sites is 2. The van der Waals surface area contributed by atoms with Crippen molar-refractivity contribution in [3.05, 3.63) is 30.5 Å². The van der Waals surface area contributed by atoms with Gasteiger partial charge in [-0.1, -0.05) is 12.1 Å². The molecule has 0 saturated heterocycles. The number of aromatic nitrogens is 4. The molecular weight excluding hydrogens is 258 g/mol. The molecule has 0 bridgehead atoms. The Hall–Kier alpha value is -2.87. The first-order valence-electron chi connectivity index (χ1n) is 5.89. The van der Waals surface area contributed by atoms with Crippen LogP contribution in [0.25, 0.3) is 11.0 Å². The summed E-state index contributed by atoms with van der Waals surface area (Å²) in [5.74, 6) is 6.95. The van der Waals surface area contributed by atoms with Crippen LogP contribution in [0, 0.1) is 0 Å². The molecule has 0 aliphatic carbocycles. The molecule has 0 amide bonds. The van der Waals surface area contributed by atoms with Gasteiger partial charge in [0.1, 0.15) is 11.6 Å². The van der Waals surface area contributed by atoms with E-state index in [1.807, 2.05) is 24.3 Å². The topological polar surface area (TPSA) is 114 Å². The van der Waals surface area contributed by atoms with Crippen molar-refractivity contribution in [2.45, 2.75) is 0 Å². The van der Waals surface area contributed by atoms with Gasteiger partial charge in [0, 0.05) is 0 Å². The van der Waals surface area contributed by atoms with E-state index in [0.29, 0.717) is 23.2 Å². The Labute approximate surface area is 114 Å². The number of fused-ring (bicyclic) bond motifs is 1. The molecule has 0 atom stereocenters. The lowest BCUT2D eigenvalue weighted by atomic mass is 10.3. The van der Waals surface area contributed by atoms with Gasteiger partial charge in [0.15, 0.2) is 5.65 Å². The predicted molar refractivity (Wildman–Crippen MR) is 75.8 cm³/mol. The molecule has 0 aliphatic heterocycles. The minimum Gasteiger partial charge on any atom is -0.495 e. The van der Waals surface area contributed by atoms with Crippen molar-refractivity contribution in [2.75, 3.05) is 17.9 Å². The lowest BCUT2D eigenvalue weighted by molar-refractivity contribution is 0.417. The molecule has 8 heteroatoms. The van der Waals surface area contributed by atoms with E-state index in [1.165, 1.54) is 0 Å². The molecule has 0 aliphatic rings. The molecule has 5 N–H and O–H groups in total. The lowest BCUT2D eigenvalue weighted by Crippen LogP contribution is -2.11. The molecule has 0 radical (unpaired) electrons. The maximum atomic E-state index is 5.37. The summed E-state index contributed by atoms with van der Waals surface area (Å²) in [5, 5.41) is 10.7. The van der Waals surface area contributed by atoms with Crippen LogP contribution in [0.3, 0.4) is 0 Å². The Morgan fingerprint density at radius 2 is 2.10 bits per heavy atom. The fraction of sp³-hybridized carbons (Fsp3) is 0.0833. The van der Waals surface area contributed by atoms with Crippen LogP contribution in [-0.4, -0.2) is 27.3 Å². The summed E-state index contributed by atoms with van der Waals surface area (Å²) < 4.78 is 5.30. The average molecular weight is 271 g/mol. The molecule has 0 spiro atoms. The van der Waals surface area contributed by atoms with Crippen LogP contribution in [0.2, 0.25) is 0 Å². The number of nitrogens with one attached hydrogen (secondary N) is 3. The predicted octanol–water partition coefficient (Wildman–Crippen LogP) is 1.39. The van der Waals surface area contributed by atoms with Gasteiger partial charge in [-0.2, -0.15) is 15.1 Å². The van der Waals surface area contributed by atoms with Crippen LogP contribution in [0.1, 0.15) is 0 Å². The van der Waals surface area contributed by atoms with Crippen molar-refractivity contribution in [2.24, 2.45) is 5.84 Å². The number of hydrogen-bond acceptors (Lipinski definition) is 7. The van der Waals surface area contributed by atoms with Crippen molar-refractivity contribution in [1.29, 1.82) is 0 Å². The summed E-state index contributed by atoms with van der Waals surface area (Å²) in [5.41, 5.74) is 3.80. The third-order valence-electron chi connectivity index (χ3n) is 2.80. The van der Waals surface area contributed by atoms with Gasteiger partial charge >= 0.3 is 0 Å². The number of benzene rings is 1. The zero-order valence-corrected chi connectivity index (χ0v) is 10.7. The summed E-state index contributed by atoms with van der Waals surface area (Å²) in [6.45, 7) is 0. The van der Waals surface area contributed by atoms with Gasteiger partial charge in [-0.05, 0) is 12.1 Å². The van der Waals surface area contributed by atoms with E-state index in [0.717, 1.165) is 11.1 Å². The lowest BCUT2D eigenvalue weighted by Gasteiger charge is -2.11. The largest absolute Gasteiger partial charge is 0.495 e. The maximum Gasteiger partial charge on any atom is 0.241 e. The van der Waals surface area contributed by atoms with Crippen molar-refractivity contribution in [3.8, 4) is 5.75 Å². The summed E-state index contributed by atoms with van der Waals surface area (Å²) >= 11 is 0. The van der Waals surface area contributed by atoms with Crippen molar-refractivity contribution >= 4 is 28.5 Å². The van der Waals surface area contributed by atoms with Crippen molar-refractivity contribution in [1.82, 2.24) is 20.2 Å². The van der Waals surface area contributed by atoms with E-state index in [2.05, 4.69) is 30.9 Å². The fourth-order valence-electron chi connectivity index (χ4n) is 1.87. The number of methoxy groups -OCH3 is 1. The van der Waals surface area contributed by atoms with Crippen LogP contribution in [0.15, 0.2) is 30.5 Å². The normalized spacial score (nSPS) is 10.5. The smallest absolute Gasteiger partial charge is 0.241 e. The highest BCUT2D eigenvalue weighted by Gasteiger charge is 2.11. The van der Waals surface area contributed by atoms with Gasteiger partial charge in [0.2, 0.25) is 5.95 Å². The molecule has 0 fully saturated rings. The van der Waals surface area contributed by atoms with E-state index in [-0.39, 0.29) is 0 Å². The Balaban J connectivity index is 2.07. The number of anilines is 3. The standard InChI is InChI=1S/C12H13N7O/c1-20-9-5-3-2-4-8(9)15-10-7-6-14-19-11(7)17-12(16-10)18-13/h2-6H,13H2,1H3,(H3,14,15,16,17,18,19). The third kappa shape index (κ3) is 2.08. The highest BCUT2D eigenvalue weighted by molar-refractivity contribution is 5.89. The number of hydrogen-bond donors (Lipinski definition) is 4. The first kappa shape index (κ1) is 12.2. The number of aromatic amines is 1. The number of nitrogens with zero attached hydrogens (tertiary/aromatic N) is 3. The second kappa shape index (κ2) is 5.02. The fourth-order valence-corrected chi connectivity index (χ4v) is 1.87. The summed E-state index contributed by atoms with van der Waals surface area (Å²) in [6.07, 6.45) is 1.65. The van der Waals surface area contributed by atoms with Crippen LogP contribution >= 0.6 is 0 Å². The van der Waals surface area contributed by atoms with E-state index in [4.69, 9.17) is 10.6 Å². The SMILES string of the molecule is COc1ccccc1Nc1nc(NN)nc2[nH]ncc12. The van der Waals surface area contributed by atoms with Crippen LogP contribution < -0.4 is 21.3 Å². The zero-order valence-electron chi connectivity index (χ0n) is 10.7. The third-order valence-corrected chi connectivity index (χ3v) is 2.80. The van der Waals surface area contributed by atoms with E-state index in [1.54, 1.807) is 13.3 Å². The molecule has 20 heavy (non-hydrogen) atoms. The molecule has 0 saturated carbocycles. The van der Waals surface area contributed by atoms with Crippen LogP contribution in [-0.2, 0) is 0 Å². The maximum absolute atomic E-state index is 5.37. The van der Waals surface area contributed by atoms with Gasteiger partial charge in [-0.25, -0.2) is 5.84 Å². The van der Waals surface area contributed by atoms with Gasteiger partial charge < -0.3 is 10.1 Å². The highest BCUT2D eigenvalue weighted by Crippen LogP contribution is 2.29. The van der Waals surface area contributed by atoms with Gasteiger partial charge in [0.05, 0.1) is 24.4 Å². The van der Waals surface area contributed by atoms with Crippen molar-refractivity contribution in [3.63, 3.8) is 0 Å². The van der Waals surface area contributed by atoms with Crippen LogP contribution in [0.4, 0.5) is 17.5 Å². The summed E-state index contributed by atoms with van der Waals surface area (Å²) in [7, 11) is 1.61. The molecule has 102 valence electrons. The molecular formula is C12H13N7O. The quantitative estimate of drug-likeness (QED) is 0.419. The van der Waals surface area contributed by atoms with E-state index < -0.39 is 0 Å².